The van der Waals surface area contributed by atoms with E-state index in [4.69, 9.17) is 27.9 Å². The van der Waals surface area contributed by atoms with Gasteiger partial charge in [0.1, 0.15) is 0 Å². The number of nitrogens with one attached hydrogen (secondary N) is 1. The van der Waals surface area contributed by atoms with E-state index in [-0.39, 0.29) is 21.9 Å². The predicted octanol–water partition coefficient (Wildman–Crippen LogP) is 7.79. The number of ether oxygens (including phenoxy) is 1. The number of ketones is 1. The fraction of sp³-hybridized carbons (Fsp3) is 0.0690. The Labute approximate surface area is 232 Å². The SMILES string of the molecule is O=C(O[C@H](C(=O)c1ccccc1)[C@H](Br)c1ccccc1)c1ccc(NC(=O)c2ccc(Cl)cc2Cl)cc1. The van der Waals surface area contributed by atoms with Crippen molar-refractivity contribution in [3.8, 4) is 0 Å². The van der Waals surface area contributed by atoms with Crippen LogP contribution in [0.15, 0.2) is 103 Å². The van der Waals surface area contributed by atoms with E-state index >= 15 is 0 Å². The van der Waals surface area contributed by atoms with Gasteiger partial charge in [-0.3, -0.25) is 9.59 Å². The van der Waals surface area contributed by atoms with Crippen LogP contribution in [0.4, 0.5) is 5.69 Å². The number of amides is 1. The van der Waals surface area contributed by atoms with Gasteiger partial charge >= 0.3 is 5.97 Å². The third-order valence-electron chi connectivity index (χ3n) is 5.49. The standard InChI is InChI=1S/C29H20BrCl2NO4/c30-25(18-7-3-1-4-8-18)27(26(34)19-9-5-2-6-10-19)37-29(36)20-11-14-22(15-12-20)33-28(35)23-16-13-21(31)17-24(23)32/h1-17,25,27H,(H,33,35)/t25-,27+/m1/s1. The summed E-state index contributed by atoms with van der Waals surface area (Å²) >= 11 is 15.6. The molecule has 0 fully saturated rings. The van der Waals surface area contributed by atoms with Crippen LogP contribution in [0.5, 0.6) is 0 Å². The normalized spacial score (nSPS) is 12.3. The number of alkyl halides is 1. The van der Waals surface area contributed by atoms with Crippen LogP contribution in [0.25, 0.3) is 0 Å². The quantitative estimate of drug-likeness (QED) is 0.128. The lowest BCUT2D eigenvalue weighted by molar-refractivity contribution is 0.0282. The molecule has 4 aromatic carbocycles. The minimum absolute atomic E-state index is 0.223. The smallest absolute Gasteiger partial charge is 0.338 e. The summed E-state index contributed by atoms with van der Waals surface area (Å²) in [6, 6.07) is 28.7. The summed E-state index contributed by atoms with van der Waals surface area (Å²) < 4.78 is 5.73. The van der Waals surface area contributed by atoms with E-state index in [9.17, 15) is 14.4 Å². The molecule has 37 heavy (non-hydrogen) atoms. The molecular formula is C29H20BrCl2NO4. The number of carbonyl (C=O) groups is 3. The lowest BCUT2D eigenvalue weighted by Gasteiger charge is -2.22. The number of benzene rings is 4. The van der Waals surface area contributed by atoms with Crippen molar-refractivity contribution in [1.29, 1.82) is 0 Å². The molecule has 0 unspecified atom stereocenters. The molecule has 4 aromatic rings. The molecule has 0 saturated carbocycles. The molecule has 0 saturated heterocycles. The van der Waals surface area contributed by atoms with Crippen LogP contribution in [0, 0.1) is 0 Å². The molecule has 5 nitrogen and oxygen atoms in total. The van der Waals surface area contributed by atoms with E-state index < -0.39 is 22.8 Å². The summed E-state index contributed by atoms with van der Waals surface area (Å²) in [4.78, 5) is 38.4. The van der Waals surface area contributed by atoms with Crippen molar-refractivity contribution < 1.29 is 19.1 Å². The van der Waals surface area contributed by atoms with Crippen molar-refractivity contribution in [3.05, 3.63) is 135 Å². The van der Waals surface area contributed by atoms with Crippen LogP contribution in [-0.4, -0.2) is 23.8 Å². The maximum Gasteiger partial charge on any atom is 0.338 e. The van der Waals surface area contributed by atoms with Crippen LogP contribution < -0.4 is 5.32 Å². The van der Waals surface area contributed by atoms with E-state index in [1.807, 2.05) is 36.4 Å². The Bertz CT molecular complexity index is 1410. The highest BCUT2D eigenvalue weighted by molar-refractivity contribution is 9.09. The maximum absolute atomic E-state index is 13.3. The minimum atomic E-state index is -1.11. The summed E-state index contributed by atoms with van der Waals surface area (Å²) in [5.41, 5.74) is 2.16. The highest BCUT2D eigenvalue weighted by Crippen LogP contribution is 2.31. The molecule has 2 atom stereocenters. The second-order valence-corrected chi connectivity index (χ2v) is 9.85. The van der Waals surface area contributed by atoms with Gasteiger partial charge in [0.2, 0.25) is 5.78 Å². The van der Waals surface area contributed by atoms with E-state index in [1.165, 1.54) is 24.3 Å². The van der Waals surface area contributed by atoms with Crippen LogP contribution in [0.2, 0.25) is 10.0 Å². The molecule has 0 radical (unpaired) electrons. The first-order valence-electron chi connectivity index (χ1n) is 11.2. The number of hydrogen-bond acceptors (Lipinski definition) is 4. The van der Waals surface area contributed by atoms with Gasteiger partial charge in [0.15, 0.2) is 6.10 Å². The monoisotopic (exact) mass is 595 g/mol. The molecule has 8 heteroatoms. The third-order valence-corrected chi connectivity index (χ3v) is 7.05. The van der Waals surface area contributed by atoms with Crippen LogP contribution in [0.1, 0.15) is 41.5 Å². The first-order valence-corrected chi connectivity index (χ1v) is 12.9. The van der Waals surface area contributed by atoms with Gasteiger partial charge in [-0.1, -0.05) is 99.8 Å². The molecule has 0 aliphatic carbocycles. The van der Waals surface area contributed by atoms with E-state index in [1.54, 1.807) is 42.5 Å². The van der Waals surface area contributed by atoms with Crippen LogP contribution in [0.3, 0.4) is 0 Å². The minimum Gasteiger partial charge on any atom is -0.449 e. The molecular weight excluding hydrogens is 577 g/mol. The maximum atomic E-state index is 13.3. The average Bonchev–Trinajstić information content (AvgIpc) is 2.92. The summed E-state index contributed by atoms with van der Waals surface area (Å²) in [6.07, 6.45) is -1.11. The first-order chi connectivity index (χ1) is 17.8. The number of anilines is 1. The zero-order chi connectivity index (χ0) is 26.4. The van der Waals surface area contributed by atoms with E-state index in [0.29, 0.717) is 16.3 Å². The Morgan fingerprint density at radius 1 is 0.757 bits per heavy atom. The number of halogens is 3. The Morgan fingerprint density at radius 3 is 2.00 bits per heavy atom. The fourth-order valence-corrected chi connectivity index (χ4v) is 4.72. The summed E-state index contributed by atoms with van der Waals surface area (Å²) in [6.45, 7) is 0. The zero-order valence-electron chi connectivity index (χ0n) is 19.2. The van der Waals surface area contributed by atoms with Gasteiger partial charge in [-0.2, -0.15) is 0 Å². The largest absolute Gasteiger partial charge is 0.449 e. The molecule has 0 aromatic heterocycles. The molecule has 1 amide bonds. The molecule has 0 spiro atoms. The Kier molecular flexibility index (Phi) is 8.77. The van der Waals surface area contributed by atoms with Crippen LogP contribution in [-0.2, 0) is 4.74 Å². The molecule has 0 aliphatic rings. The highest BCUT2D eigenvalue weighted by atomic mass is 79.9. The Hall–Kier alpha value is -3.45. The Morgan fingerprint density at radius 2 is 1.38 bits per heavy atom. The number of esters is 1. The third kappa shape index (κ3) is 6.66. The average molecular weight is 597 g/mol. The molecule has 186 valence electrons. The molecule has 0 heterocycles. The van der Waals surface area contributed by atoms with Crippen molar-refractivity contribution >= 4 is 62.5 Å². The summed E-state index contributed by atoms with van der Waals surface area (Å²) in [5.74, 6) is -1.42. The van der Waals surface area contributed by atoms with Gasteiger partial charge < -0.3 is 10.1 Å². The lowest BCUT2D eigenvalue weighted by atomic mass is 9.99. The molecule has 1 N–H and O–H groups in total. The second kappa shape index (κ2) is 12.2. The van der Waals surface area contributed by atoms with Gasteiger partial charge in [-0.15, -0.1) is 0 Å². The molecule has 4 rings (SSSR count). The van der Waals surface area contributed by atoms with E-state index in [0.717, 1.165) is 5.56 Å². The van der Waals surface area contributed by atoms with Gasteiger partial charge in [0.25, 0.3) is 5.91 Å². The number of carbonyl (C=O) groups excluding carboxylic acids is 3. The lowest BCUT2D eigenvalue weighted by Crippen LogP contribution is -2.31. The highest BCUT2D eigenvalue weighted by Gasteiger charge is 2.32. The van der Waals surface area contributed by atoms with Crippen LogP contribution >= 0.6 is 39.1 Å². The predicted molar refractivity (Wildman–Crippen MR) is 149 cm³/mol. The summed E-state index contributed by atoms with van der Waals surface area (Å²) in [5, 5.41) is 3.37. The zero-order valence-corrected chi connectivity index (χ0v) is 22.3. The second-order valence-electron chi connectivity index (χ2n) is 8.02. The summed E-state index contributed by atoms with van der Waals surface area (Å²) in [7, 11) is 0. The van der Waals surface area contributed by atoms with Crippen molar-refractivity contribution in [1.82, 2.24) is 0 Å². The van der Waals surface area contributed by atoms with Crippen molar-refractivity contribution in [3.63, 3.8) is 0 Å². The first kappa shape index (κ1) is 26.6. The number of Topliss-reactive ketones (excluding diaryl/α,β-unsaturated/α-hetero) is 1. The topological polar surface area (TPSA) is 72.5 Å². The Balaban J connectivity index is 1.51. The van der Waals surface area contributed by atoms with Crippen molar-refractivity contribution in [2.45, 2.75) is 10.9 Å². The number of rotatable bonds is 8. The van der Waals surface area contributed by atoms with E-state index in [2.05, 4.69) is 21.2 Å². The molecule has 0 aliphatic heterocycles. The van der Waals surface area contributed by atoms with Gasteiger partial charge in [-0.25, -0.2) is 4.79 Å². The van der Waals surface area contributed by atoms with Crippen molar-refractivity contribution in [2.24, 2.45) is 0 Å². The number of hydrogen-bond donors (Lipinski definition) is 1. The van der Waals surface area contributed by atoms with Gasteiger partial charge in [0.05, 0.1) is 21.0 Å². The van der Waals surface area contributed by atoms with Gasteiger partial charge in [-0.05, 0) is 48.0 Å². The fourth-order valence-electron chi connectivity index (χ4n) is 3.57. The van der Waals surface area contributed by atoms with Gasteiger partial charge in [0, 0.05) is 16.3 Å². The van der Waals surface area contributed by atoms with Crippen molar-refractivity contribution in [2.75, 3.05) is 5.32 Å². The molecule has 0 bridgehead atoms.